The summed E-state index contributed by atoms with van der Waals surface area (Å²) in [7, 11) is 0. The second-order valence-corrected chi connectivity index (χ2v) is 15.0. The third-order valence-electron chi connectivity index (χ3n) is 11.3. The number of hydrogen-bond acceptors (Lipinski definition) is 10. The van der Waals surface area contributed by atoms with E-state index >= 15 is 0 Å². The maximum atomic E-state index is 14.6. The van der Waals surface area contributed by atoms with Crippen molar-refractivity contribution in [2.75, 3.05) is 43.0 Å². The van der Waals surface area contributed by atoms with Crippen molar-refractivity contribution in [3.63, 3.8) is 0 Å². The van der Waals surface area contributed by atoms with Gasteiger partial charge in [-0.05, 0) is 66.6 Å². The summed E-state index contributed by atoms with van der Waals surface area (Å²) in [6.45, 7) is 5.15. The van der Waals surface area contributed by atoms with Crippen molar-refractivity contribution in [3.8, 4) is 22.9 Å². The Morgan fingerprint density at radius 2 is 1.73 bits per heavy atom. The molecule has 6 aromatic rings. The molecule has 0 spiro atoms. The van der Waals surface area contributed by atoms with Gasteiger partial charge in [0, 0.05) is 43.9 Å². The molecule has 0 radical (unpaired) electrons. The van der Waals surface area contributed by atoms with E-state index in [0.717, 1.165) is 23.6 Å². The number of halogens is 3. The number of nitrogens with one attached hydrogen (secondary N) is 1. The molecule has 1 saturated heterocycles. The summed E-state index contributed by atoms with van der Waals surface area (Å²) in [6.07, 6.45) is -1.38. The molecule has 0 atom stereocenters. The lowest BCUT2D eigenvalue weighted by atomic mass is 9.83. The minimum absolute atomic E-state index is 0.128. The fraction of sp³-hybridized carbons (Fsp3) is 0.326. The number of hydrogen-bond donors (Lipinski definition) is 1. The van der Waals surface area contributed by atoms with Crippen molar-refractivity contribution in [3.05, 3.63) is 122 Å². The molecular weight excluding hydrogens is 780 g/mol. The van der Waals surface area contributed by atoms with Gasteiger partial charge in [-0.15, -0.1) is 5.10 Å². The lowest BCUT2D eigenvalue weighted by Crippen LogP contribution is -2.51. The zero-order chi connectivity index (χ0) is 41.7. The van der Waals surface area contributed by atoms with Gasteiger partial charge in [0.25, 0.3) is 11.5 Å². The monoisotopic (exact) mass is 819 g/mol. The number of aromatic nitrogens is 6. The van der Waals surface area contributed by atoms with Crippen molar-refractivity contribution in [1.29, 1.82) is 0 Å². The molecule has 17 heteroatoms. The van der Waals surface area contributed by atoms with E-state index in [1.54, 1.807) is 16.4 Å². The highest BCUT2D eigenvalue weighted by atomic mass is 19.4. The summed E-state index contributed by atoms with van der Waals surface area (Å²) in [6, 6.07) is 17.5. The van der Waals surface area contributed by atoms with Crippen molar-refractivity contribution in [2.45, 2.75) is 58.9 Å². The van der Waals surface area contributed by atoms with Crippen LogP contribution in [0.15, 0.2) is 71.8 Å². The number of ether oxygens (including phenoxy) is 2. The van der Waals surface area contributed by atoms with Crippen LogP contribution in [0.4, 0.5) is 24.5 Å². The molecule has 0 saturated carbocycles. The largest absolute Gasteiger partial charge is 0.493 e. The number of anilines is 2. The lowest BCUT2D eigenvalue weighted by molar-refractivity contribution is -0.138. The van der Waals surface area contributed by atoms with Gasteiger partial charge in [-0.3, -0.25) is 14.4 Å². The molecule has 60 heavy (non-hydrogen) atoms. The molecule has 3 aromatic heterocycles. The number of alkyl halides is 3. The Morgan fingerprint density at radius 3 is 2.47 bits per heavy atom. The number of nitrogens with zero attached hydrogens (tertiary/aromatic N) is 8. The predicted octanol–water partition coefficient (Wildman–Crippen LogP) is 5.45. The highest BCUT2D eigenvalue weighted by Gasteiger charge is 2.37. The molecule has 3 aliphatic rings. The number of rotatable bonds is 10. The Bertz CT molecular complexity index is 2730. The molecule has 14 nitrogen and oxygen atoms in total. The quantitative estimate of drug-likeness (QED) is 0.189. The maximum Gasteiger partial charge on any atom is 0.416 e. The van der Waals surface area contributed by atoms with Crippen molar-refractivity contribution in [2.24, 2.45) is 0 Å². The molecule has 308 valence electrons. The topological polar surface area (TPSA) is 149 Å². The fourth-order valence-corrected chi connectivity index (χ4v) is 8.21. The van der Waals surface area contributed by atoms with Crippen molar-refractivity contribution >= 4 is 29.0 Å². The van der Waals surface area contributed by atoms with Gasteiger partial charge in [0.1, 0.15) is 30.9 Å². The number of amides is 2. The minimum Gasteiger partial charge on any atom is -0.493 e. The summed E-state index contributed by atoms with van der Waals surface area (Å²) in [5.41, 5.74) is 3.92. The first kappa shape index (κ1) is 38.7. The standard InChI is InChI=1S/C43H40F3N9O5/c1-3-33-37(52-16-18-53(19-17-52)40(57)36-38(25(2)47-24-48-36)60-23-26-7-5-4-6-8-26)41(58)55-42(50-39(51-55)28-10-9-27-15-20-59-34(27)21-28)54(33)22-35(56)49-32-14-13-31(43(44,45)46)29-11-12-30(29)32/h4-10,13-14,21,24H,3,11-12,15-20,22-23H2,1-2H3,(H,49,56). The smallest absolute Gasteiger partial charge is 0.416 e. The molecule has 1 aliphatic carbocycles. The van der Waals surface area contributed by atoms with Crippen molar-refractivity contribution in [1.82, 2.24) is 34.0 Å². The molecule has 1 N–H and O–H groups in total. The molecule has 2 amide bonds. The summed E-state index contributed by atoms with van der Waals surface area (Å²) in [5, 5.41) is 7.49. The van der Waals surface area contributed by atoms with Gasteiger partial charge in [-0.1, -0.05) is 49.4 Å². The molecular formula is C43H40F3N9O5. The van der Waals surface area contributed by atoms with Gasteiger partial charge in [-0.25, -0.2) is 9.97 Å². The number of piperazine rings is 1. The summed E-state index contributed by atoms with van der Waals surface area (Å²) >= 11 is 0. The van der Waals surface area contributed by atoms with Gasteiger partial charge < -0.3 is 29.2 Å². The second kappa shape index (κ2) is 15.4. The van der Waals surface area contributed by atoms with E-state index < -0.39 is 23.2 Å². The Hall–Kier alpha value is -6.78. The second-order valence-electron chi connectivity index (χ2n) is 15.0. The van der Waals surface area contributed by atoms with Crippen LogP contribution in [0.5, 0.6) is 11.5 Å². The van der Waals surface area contributed by atoms with E-state index in [1.807, 2.05) is 60.4 Å². The van der Waals surface area contributed by atoms with Crippen LogP contribution in [0.1, 0.15) is 56.6 Å². The van der Waals surface area contributed by atoms with Gasteiger partial charge >= 0.3 is 6.18 Å². The molecule has 0 bridgehead atoms. The molecule has 5 heterocycles. The van der Waals surface area contributed by atoms with Crippen LogP contribution < -0.4 is 25.2 Å². The first-order valence-corrected chi connectivity index (χ1v) is 19.8. The zero-order valence-corrected chi connectivity index (χ0v) is 32.9. The normalized spacial score (nSPS) is 14.7. The summed E-state index contributed by atoms with van der Waals surface area (Å²) in [4.78, 5) is 59.3. The first-order chi connectivity index (χ1) is 29.0. The van der Waals surface area contributed by atoms with Crippen LogP contribution in [0, 0.1) is 6.92 Å². The third kappa shape index (κ3) is 7.06. The van der Waals surface area contributed by atoms with E-state index in [0.29, 0.717) is 64.8 Å². The van der Waals surface area contributed by atoms with Gasteiger partial charge in [0.2, 0.25) is 11.7 Å². The summed E-state index contributed by atoms with van der Waals surface area (Å²) < 4.78 is 55.7. The van der Waals surface area contributed by atoms with E-state index in [9.17, 15) is 27.6 Å². The molecule has 2 aliphatic heterocycles. The van der Waals surface area contributed by atoms with Crippen LogP contribution in [-0.2, 0) is 49.8 Å². The Balaban J connectivity index is 1.03. The molecule has 1 fully saturated rings. The number of fused-ring (bicyclic) bond motifs is 3. The van der Waals surface area contributed by atoms with Crippen LogP contribution in [0.2, 0.25) is 0 Å². The number of carbonyl (C=O) groups excluding carboxylic acids is 2. The van der Waals surface area contributed by atoms with Crippen LogP contribution >= 0.6 is 0 Å². The van der Waals surface area contributed by atoms with E-state index in [1.165, 1.54) is 16.9 Å². The SMILES string of the molecule is CCc1c(N2CCN(C(=O)c3ncnc(C)c3OCc3ccccc3)CC2)c(=O)n2nc(-c3ccc4c(c3)OCC4)nc2n1CC(=O)Nc1ccc(C(F)(F)F)c2c1CC2. The Labute approximate surface area is 341 Å². The Morgan fingerprint density at radius 1 is 0.950 bits per heavy atom. The predicted molar refractivity (Wildman–Crippen MR) is 214 cm³/mol. The molecule has 0 unspecified atom stereocenters. The van der Waals surface area contributed by atoms with E-state index in [4.69, 9.17) is 14.5 Å². The van der Waals surface area contributed by atoms with E-state index in [-0.39, 0.29) is 74.5 Å². The average Bonchev–Trinajstić information content (AvgIpc) is 3.90. The van der Waals surface area contributed by atoms with Gasteiger partial charge in [0.15, 0.2) is 17.3 Å². The van der Waals surface area contributed by atoms with Gasteiger partial charge in [0.05, 0.1) is 23.6 Å². The fourth-order valence-electron chi connectivity index (χ4n) is 8.21. The van der Waals surface area contributed by atoms with Crippen LogP contribution in [-0.4, -0.2) is 78.6 Å². The third-order valence-corrected chi connectivity index (χ3v) is 11.3. The van der Waals surface area contributed by atoms with Crippen LogP contribution in [0.3, 0.4) is 0 Å². The number of benzene rings is 3. The van der Waals surface area contributed by atoms with Gasteiger partial charge in [-0.2, -0.15) is 22.7 Å². The lowest BCUT2D eigenvalue weighted by Gasteiger charge is -2.36. The number of aryl methyl sites for hydroxylation is 1. The first-order valence-electron chi connectivity index (χ1n) is 19.8. The highest BCUT2D eigenvalue weighted by Crippen LogP contribution is 2.41. The zero-order valence-electron chi connectivity index (χ0n) is 32.9. The van der Waals surface area contributed by atoms with Crippen molar-refractivity contribution < 1.29 is 32.2 Å². The van der Waals surface area contributed by atoms with E-state index in [2.05, 4.69) is 20.4 Å². The maximum absolute atomic E-state index is 14.6. The van der Waals surface area contributed by atoms with Crippen LogP contribution in [0.25, 0.3) is 17.2 Å². The number of carbonyl (C=O) groups is 2. The average molecular weight is 820 g/mol. The minimum atomic E-state index is -4.50. The summed E-state index contributed by atoms with van der Waals surface area (Å²) in [5.74, 6) is 0.556. The Kier molecular flexibility index (Phi) is 9.96. The highest BCUT2D eigenvalue weighted by molar-refractivity contribution is 5.95. The molecule has 9 rings (SSSR count). The molecule has 3 aromatic carbocycles.